The molecule has 4 N–H and O–H groups in total. The molecule has 0 radical (unpaired) electrons. The molecular formula is C49H92N2O7. The molecule has 0 saturated heterocycles. The summed E-state index contributed by atoms with van der Waals surface area (Å²) >= 11 is 0. The summed E-state index contributed by atoms with van der Waals surface area (Å²) in [7, 11) is 0. The molecule has 0 saturated carbocycles. The quantitative estimate of drug-likeness (QED) is 0.0272. The second-order valence-electron chi connectivity index (χ2n) is 16.9. The minimum atomic E-state index is -1.38. The maximum atomic E-state index is 12.8. The van der Waals surface area contributed by atoms with E-state index in [4.69, 9.17) is 14.9 Å². The zero-order chi connectivity index (χ0) is 42.6. The number of aliphatic hydroxyl groups is 1. The lowest BCUT2D eigenvalue weighted by atomic mass is 10.0. The largest absolute Gasteiger partial charge is 0.480 e. The fourth-order valence-electron chi connectivity index (χ4n) is 7.48. The molecule has 0 rings (SSSR count). The number of carboxylic acid groups (broad SMARTS) is 1. The maximum Gasteiger partial charge on any atom is 0.328 e. The van der Waals surface area contributed by atoms with Crippen LogP contribution in [0, 0.1) is 0 Å². The van der Waals surface area contributed by atoms with E-state index in [-0.39, 0.29) is 24.5 Å². The molecule has 2 unspecified atom stereocenters. The average molecular weight is 821 g/mol. The molecule has 0 aromatic rings. The van der Waals surface area contributed by atoms with E-state index < -0.39 is 24.5 Å². The van der Waals surface area contributed by atoms with Gasteiger partial charge in [0, 0.05) is 12.8 Å². The number of rotatable bonds is 45. The summed E-state index contributed by atoms with van der Waals surface area (Å²) in [4.78, 5) is 47.7. The first-order valence-corrected chi connectivity index (χ1v) is 24.6. The van der Waals surface area contributed by atoms with E-state index in [2.05, 4.69) is 36.6 Å². The van der Waals surface area contributed by atoms with E-state index in [1.165, 1.54) is 161 Å². The monoisotopic (exact) mass is 821 g/mol. The van der Waals surface area contributed by atoms with Crippen molar-refractivity contribution >= 4 is 23.8 Å². The number of aliphatic hydroxyl groups excluding tert-OH is 1. The first-order chi connectivity index (χ1) is 28.3. The zero-order valence-corrected chi connectivity index (χ0v) is 37.8. The predicted octanol–water partition coefficient (Wildman–Crippen LogP) is 12.6. The molecule has 0 aromatic heterocycles. The van der Waals surface area contributed by atoms with Crippen LogP contribution in [0.15, 0.2) is 12.2 Å². The molecule has 9 heteroatoms. The van der Waals surface area contributed by atoms with Gasteiger partial charge in [-0.15, -0.1) is 0 Å². The van der Waals surface area contributed by atoms with E-state index in [0.29, 0.717) is 19.3 Å². The van der Waals surface area contributed by atoms with E-state index in [9.17, 15) is 19.2 Å². The number of esters is 1. The third-order valence-corrected chi connectivity index (χ3v) is 11.3. The van der Waals surface area contributed by atoms with Gasteiger partial charge < -0.3 is 25.6 Å². The molecular weight excluding hydrogens is 729 g/mol. The standard InChI is InChI=1S/C49H92N2O7/c1-3-5-7-9-11-13-15-17-19-20-22-24-26-28-33-37-41-48(55)58-44(38-34-30-27-25-23-21-18-16-14-12-10-8-6-4-2)39-35-31-29-32-36-40-46(53)50-42-47(54)51-45(43-52)49(56)57/h19-20,44-45,52H,3-18,21-43H2,1-2H3,(H,50,53)(H,51,54)(H,56,57)/b20-19-. The fourth-order valence-corrected chi connectivity index (χ4v) is 7.48. The number of hydrogen-bond acceptors (Lipinski definition) is 6. The highest BCUT2D eigenvalue weighted by Gasteiger charge is 2.19. The van der Waals surface area contributed by atoms with E-state index >= 15 is 0 Å². The highest BCUT2D eigenvalue weighted by molar-refractivity contribution is 5.87. The Balaban J connectivity index is 4.30. The van der Waals surface area contributed by atoms with Crippen molar-refractivity contribution in [3.05, 3.63) is 12.2 Å². The van der Waals surface area contributed by atoms with Gasteiger partial charge in [0.2, 0.25) is 11.8 Å². The van der Waals surface area contributed by atoms with Crippen LogP contribution < -0.4 is 10.6 Å². The molecule has 0 heterocycles. The zero-order valence-electron chi connectivity index (χ0n) is 37.8. The van der Waals surface area contributed by atoms with Crippen LogP contribution in [0.25, 0.3) is 0 Å². The summed E-state index contributed by atoms with van der Waals surface area (Å²) < 4.78 is 6.06. The number of allylic oxidation sites excluding steroid dienone is 2. The summed E-state index contributed by atoms with van der Waals surface area (Å²) in [5.74, 6) is -2.28. The molecule has 58 heavy (non-hydrogen) atoms. The van der Waals surface area contributed by atoms with Crippen LogP contribution in [0.2, 0.25) is 0 Å². The summed E-state index contributed by atoms with van der Waals surface area (Å²) in [5, 5.41) is 22.6. The molecule has 2 atom stereocenters. The summed E-state index contributed by atoms with van der Waals surface area (Å²) in [5.41, 5.74) is 0. The smallest absolute Gasteiger partial charge is 0.328 e. The predicted molar refractivity (Wildman–Crippen MR) is 241 cm³/mol. The summed E-state index contributed by atoms with van der Waals surface area (Å²) in [6, 6.07) is -1.38. The third-order valence-electron chi connectivity index (χ3n) is 11.3. The van der Waals surface area contributed by atoms with Gasteiger partial charge >= 0.3 is 11.9 Å². The topological polar surface area (TPSA) is 142 Å². The molecule has 2 amide bonds. The number of unbranched alkanes of at least 4 members (excludes halogenated alkanes) is 29. The molecule has 0 aliphatic heterocycles. The third kappa shape index (κ3) is 40.4. The van der Waals surface area contributed by atoms with Gasteiger partial charge in [-0.3, -0.25) is 14.4 Å². The average Bonchev–Trinajstić information content (AvgIpc) is 3.21. The van der Waals surface area contributed by atoms with Crippen molar-refractivity contribution in [2.45, 2.75) is 264 Å². The molecule has 340 valence electrons. The van der Waals surface area contributed by atoms with Gasteiger partial charge in [-0.1, -0.05) is 187 Å². The Morgan fingerprint density at radius 1 is 0.500 bits per heavy atom. The Labute approximate surface area is 356 Å². The van der Waals surface area contributed by atoms with Crippen LogP contribution in [0.5, 0.6) is 0 Å². The number of nitrogens with one attached hydrogen (secondary N) is 2. The lowest BCUT2D eigenvalue weighted by molar-refractivity contribution is -0.150. The van der Waals surface area contributed by atoms with Gasteiger partial charge in [-0.2, -0.15) is 0 Å². The van der Waals surface area contributed by atoms with Crippen LogP contribution in [-0.2, 0) is 23.9 Å². The molecule has 0 spiro atoms. The van der Waals surface area contributed by atoms with Crippen LogP contribution in [-0.4, -0.2) is 59.3 Å². The summed E-state index contributed by atoms with van der Waals surface area (Å²) in [6.45, 7) is 3.51. The van der Waals surface area contributed by atoms with Crippen LogP contribution >= 0.6 is 0 Å². The molecule has 0 bridgehead atoms. The van der Waals surface area contributed by atoms with Crippen LogP contribution in [0.1, 0.15) is 251 Å². The van der Waals surface area contributed by atoms with Crippen molar-refractivity contribution < 1.29 is 34.1 Å². The molecule has 0 aliphatic rings. The lowest BCUT2D eigenvalue weighted by Gasteiger charge is -2.18. The van der Waals surface area contributed by atoms with Crippen molar-refractivity contribution in [1.29, 1.82) is 0 Å². The van der Waals surface area contributed by atoms with Gasteiger partial charge in [0.25, 0.3) is 0 Å². The SMILES string of the molecule is CCCCCCCCC/C=C\CCCCCCCC(=O)OC(CCCCCCCCCCCCCCCC)CCCCCCCC(=O)NCC(=O)NC(CO)C(=O)O. The minimum absolute atomic E-state index is 0.0128. The fraction of sp³-hybridized carbons (Fsp3) is 0.878. The normalized spacial score (nSPS) is 12.5. The van der Waals surface area contributed by atoms with Crippen LogP contribution in [0.4, 0.5) is 0 Å². The van der Waals surface area contributed by atoms with Crippen LogP contribution in [0.3, 0.4) is 0 Å². The second-order valence-corrected chi connectivity index (χ2v) is 16.9. The number of carbonyl (C=O) groups is 4. The molecule has 0 aromatic carbocycles. The number of aliphatic carboxylic acids is 1. The van der Waals surface area contributed by atoms with Gasteiger partial charge in [-0.25, -0.2) is 4.79 Å². The number of ether oxygens (including phenoxy) is 1. The number of carboxylic acids is 1. The molecule has 9 nitrogen and oxygen atoms in total. The van der Waals surface area contributed by atoms with Gasteiger partial charge in [0.05, 0.1) is 13.2 Å². The van der Waals surface area contributed by atoms with Gasteiger partial charge in [-0.05, 0) is 64.2 Å². The van der Waals surface area contributed by atoms with Gasteiger partial charge in [0.1, 0.15) is 12.1 Å². The Kier molecular flexibility index (Phi) is 42.3. The number of carbonyl (C=O) groups excluding carboxylic acids is 3. The second kappa shape index (κ2) is 44.1. The Bertz CT molecular complexity index is 988. The number of hydrogen-bond donors (Lipinski definition) is 4. The Morgan fingerprint density at radius 2 is 0.879 bits per heavy atom. The van der Waals surface area contributed by atoms with Crippen molar-refractivity contribution in [3.8, 4) is 0 Å². The Hall–Kier alpha value is -2.42. The summed E-state index contributed by atoms with van der Waals surface area (Å²) in [6.07, 6.45) is 48.1. The van der Waals surface area contributed by atoms with E-state index in [1.807, 2.05) is 0 Å². The van der Waals surface area contributed by atoms with Crippen molar-refractivity contribution in [2.24, 2.45) is 0 Å². The first kappa shape index (κ1) is 55.6. The molecule has 0 aliphatic carbocycles. The minimum Gasteiger partial charge on any atom is -0.480 e. The Morgan fingerprint density at radius 3 is 1.29 bits per heavy atom. The highest BCUT2D eigenvalue weighted by atomic mass is 16.5. The van der Waals surface area contributed by atoms with Crippen molar-refractivity contribution in [1.82, 2.24) is 10.6 Å². The number of amides is 2. The first-order valence-electron chi connectivity index (χ1n) is 24.6. The highest BCUT2D eigenvalue weighted by Crippen LogP contribution is 2.19. The van der Waals surface area contributed by atoms with E-state index in [1.54, 1.807) is 0 Å². The maximum absolute atomic E-state index is 12.8. The van der Waals surface area contributed by atoms with Crippen molar-refractivity contribution in [2.75, 3.05) is 13.2 Å². The van der Waals surface area contributed by atoms with Gasteiger partial charge in [0.15, 0.2) is 0 Å². The van der Waals surface area contributed by atoms with Crippen molar-refractivity contribution in [3.63, 3.8) is 0 Å². The molecule has 0 fully saturated rings. The lowest BCUT2D eigenvalue weighted by Crippen LogP contribution is -2.47. The van der Waals surface area contributed by atoms with E-state index in [0.717, 1.165) is 57.8 Å².